The highest BCUT2D eigenvalue weighted by atomic mass is 16.4. The maximum atomic E-state index is 11.9. The number of aliphatic carboxylic acids is 1. The van der Waals surface area contributed by atoms with Crippen LogP contribution >= 0.6 is 0 Å². The van der Waals surface area contributed by atoms with Gasteiger partial charge >= 0.3 is 5.97 Å². The van der Waals surface area contributed by atoms with Crippen molar-refractivity contribution in [2.75, 3.05) is 14.1 Å². The summed E-state index contributed by atoms with van der Waals surface area (Å²) in [5, 5.41) is 11.5. The average Bonchev–Trinajstić information content (AvgIpc) is 2.76. The normalized spacial score (nSPS) is 24.4. The first-order valence-corrected chi connectivity index (χ1v) is 6.07. The lowest BCUT2D eigenvalue weighted by atomic mass is 10.0. The van der Waals surface area contributed by atoms with E-state index in [2.05, 4.69) is 5.32 Å². The molecule has 3 atom stereocenters. The van der Waals surface area contributed by atoms with Crippen molar-refractivity contribution in [3.8, 4) is 0 Å². The highest BCUT2D eigenvalue weighted by Gasteiger charge is 2.34. The zero-order valence-corrected chi connectivity index (χ0v) is 11.0. The molecule has 6 nitrogen and oxygen atoms in total. The quantitative estimate of drug-likeness (QED) is 0.745. The minimum absolute atomic E-state index is 0.170. The van der Waals surface area contributed by atoms with Crippen molar-refractivity contribution in [3.05, 3.63) is 0 Å². The lowest BCUT2D eigenvalue weighted by molar-refractivity contribution is -0.141. The summed E-state index contributed by atoms with van der Waals surface area (Å²) in [6.07, 6.45) is 1.47. The van der Waals surface area contributed by atoms with Gasteiger partial charge in [-0.15, -0.1) is 0 Å². The van der Waals surface area contributed by atoms with Gasteiger partial charge in [0.25, 0.3) is 0 Å². The van der Waals surface area contributed by atoms with Crippen LogP contribution in [0.3, 0.4) is 0 Å². The number of hydrogen-bond acceptors (Lipinski definition) is 3. The predicted octanol–water partition coefficient (Wildman–Crippen LogP) is 0.0802. The largest absolute Gasteiger partial charge is 0.481 e. The third-order valence-corrected chi connectivity index (χ3v) is 3.32. The van der Waals surface area contributed by atoms with E-state index in [1.165, 1.54) is 4.90 Å². The van der Waals surface area contributed by atoms with Gasteiger partial charge in [-0.3, -0.25) is 14.4 Å². The fourth-order valence-electron chi connectivity index (χ4n) is 2.22. The number of carbonyl (C=O) groups excluding carboxylic acids is 2. The molecule has 0 aromatic heterocycles. The summed E-state index contributed by atoms with van der Waals surface area (Å²) in [7, 11) is 3.25. The molecule has 1 rings (SSSR count). The van der Waals surface area contributed by atoms with Gasteiger partial charge in [0.1, 0.15) is 6.04 Å². The molecule has 1 saturated carbocycles. The van der Waals surface area contributed by atoms with Crippen LogP contribution in [0.4, 0.5) is 0 Å². The van der Waals surface area contributed by atoms with Crippen LogP contribution in [-0.4, -0.2) is 47.9 Å². The van der Waals surface area contributed by atoms with Crippen LogP contribution in [0, 0.1) is 11.8 Å². The smallest absolute Gasteiger partial charge is 0.306 e. The number of carboxylic acid groups (broad SMARTS) is 1. The molecule has 0 heterocycles. The highest BCUT2D eigenvalue weighted by Crippen LogP contribution is 2.31. The summed E-state index contributed by atoms with van der Waals surface area (Å²) in [4.78, 5) is 35.7. The molecule has 1 fully saturated rings. The van der Waals surface area contributed by atoms with E-state index in [1.54, 1.807) is 21.0 Å². The minimum Gasteiger partial charge on any atom is -0.481 e. The number of rotatable bonds is 4. The van der Waals surface area contributed by atoms with Crippen molar-refractivity contribution in [3.63, 3.8) is 0 Å². The Hall–Kier alpha value is -1.59. The van der Waals surface area contributed by atoms with Gasteiger partial charge in [-0.1, -0.05) is 0 Å². The van der Waals surface area contributed by atoms with Crippen LogP contribution in [-0.2, 0) is 14.4 Å². The Bertz CT molecular complexity index is 354. The third kappa shape index (κ3) is 3.45. The Balaban J connectivity index is 2.47. The summed E-state index contributed by atoms with van der Waals surface area (Å²) in [6, 6.07) is -0.573. The number of nitrogens with zero attached hydrogens (tertiary/aromatic N) is 1. The van der Waals surface area contributed by atoms with Gasteiger partial charge in [0, 0.05) is 20.0 Å². The monoisotopic (exact) mass is 256 g/mol. The van der Waals surface area contributed by atoms with Gasteiger partial charge in [-0.05, 0) is 26.2 Å². The van der Waals surface area contributed by atoms with Crippen molar-refractivity contribution in [1.29, 1.82) is 0 Å². The van der Waals surface area contributed by atoms with E-state index < -0.39 is 17.9 Å². The molecule has 1 unspecified atom stereocenters. The highest BCUT2D eigenvalue weighted by molar-refractivity contribution is 5.88. The van der Waals surface area contributed by atoms with Crippen molar-refractivity contribution < 1.29 is 19.5 Å². The van der Waals surface area contributed by atoms with E-state index in [9.17, 15) is 14.4 Å². The van der Waals surface area contributed by atoms with Crippen molar-refractivity contribution in [2.45, 2.75) is 32.2 Å². The van der Waals surface area contributed by atoms with Crippen LogP contribution in [0.2, 0.25) is 0 Å². The molecule has 2 amide bonds. The Morgan fingerprint density at radius 3 is 2.22 bits per heavy atom. The van der Waals surface area contributed by atoms with Crippen LogP contribution in [0.5, 0.6) is 0 Å². The number of likely N-dealkylation sites (N-methyl/N-ethyl adjacent to an activating group) is 1. The lowest BCUT2D eigenvalue weighted by Gasteiger charge is -2.19. The SMILES string of the molecule is CC(NC(=O)[C@@H]1CC[C@H](C(=O)O)C1)C(=O)N(C)C. The van der Waals surface area contributed by atoms with Gasteiger partial charge in [-0.25, -0.2) is 0 Å². The Morgan fingerprint density at radius 2 is 1.78 bits per heavy atom. The van der Waals surface area contributed by atoms with Gasteiger partial charge < -0.3 is 15.3 Å². The minimum atomic E-state index is -0.845. The first-order valence-electron chi connectivity index (χ1n) is 6.07. The van der Waals surface area contributed by atoms with Crippen LogP contribution in [0.1, 0.15) is 26.2 Å². The lowest BCUT2D eigenvalue weighted by Crippen LogP contribution is -2.46. The van der Waals surface area contributed by atoms with Gasteiger partial charge in [0.05, 0.1) is 5.92 Å². The topological polar surface area (TPSA) is 86.7 Å². The zero-order valence-electron chi connectivity index (χ0n) is 11.0. The summed E-state index contributed by atoms with van der Waals surface area (Å²) in [6.45, 7) is 1.63. The second-order valence-corrected chi connectivity index (χ2v) is 5.01. The molecule has 1 aliphatic rings. The predicted molar refractivity (Wildman–Crippen MR) is 64.8 cm³/mol. The Labute approximate surface area is 106 Å². The summed E-state index contributed by atoms with van der Waals surface area (Å²) in [5.41, 5.74) is 0. The van der Waals surface area contributed by atoms with Crippen molar-refractivity contribution in [1.82, 2.24) is 10.2 Å². The Morgan fingerprint density at radius 1 is 1.22 bits per heavy atom. The van der Waals surface area contributed by atoms with Gasteiger partial charge in [-0.2, -0.15) is 0 Å². The second kappa shape index (κ2) is 5.84. The third-order valence-electron chi connectivity index (χ3n) is 3.32. The number of nitrogens with one attached hydrogen (secondary N) is 1. The molecule has 1 aliphatic carbocycles. The molecular weight excluding hydrogens is 236 g/mol. The molecule has 0 bridgehead atoms. The number of carbonyl (C=O) groups is 3. The molecule has 0 aliphatic heterocycles. The maximum absolute atomic E-state index is 11.9. The summed E-state index contributed by atoms with van der Waals surface area (Å²) >= 11 is 0. The average molecular weight is 256 g/mol. The van der Waals surface area contributed by atoms with Crippen molar-refractivity contribution >= 4 is 17.8 Å². The van der Waals surface area contributed by atoms with E-state index in [0.29, 0.717) is 19.3 Å². The fraction of sp³-hybridized carbons (Fsp3) is 0.750. The summed E-state index contributed by atoms with van der Waals surface area (Å²) < 4.78 is 0. The number of carboxylic acids is 1. The second-order valence-electron chi connectivity index (χ2n) is 5.01. The zero-order chi connectivity index (χ0) is 13.9. The first kappa shape index (κ1) is 14.5. The molecule has 0 saturated heterocycles. The Kier molecular flexibility index (Phi) is 4.69. The van der Waals surface area contributed by atoms with Gasteiger partial charge in [0.2, 0.25) is 11.8 Å². The number of amides is 2. The molecule has 0 radical (unpaired) electrons. The molecule has 102 valence electrons. The van der Waals surface area contributed by atoms with Crippen LogP contribution < -0.4 is 5.32 Å². The van der Waals surface area contributed by atoms with E-state index in [4.69, 9.17) is 5.11 Å². The van der Waals surface area contributed by atoms with Crippen molar-refractivity contribution in [2.24, 2.45) is 11.8 Å². The molecule has 0 aromatic carbocycles. The first-order chi connectivity index (χ1) is 8.32. The summed E-state index contributed by atoms with van der Waals surface area (Å²) in [5.74, 6) is -1.95. The molecule has 0 aromatic rings. The molecule has 2 N–H and O–H groups in total. The molecular formula is C12H20N2O4. The van der Waals surface area contributed by atoms with E-state index >= 15 is 0 Å². The van der Waals surface area contributed by atoms with E-state index in [1.807, 2.05) is 0 Å². The molecule has 6 heteroatoms. The number of hydrogen-bond donors (Lipinski definition) is 2. The van der Waals surface area contributed by atoms with Crippen LogP contribution in [0.15, 0.2) is 0 Å². The molecule has 0 spiro atoms. The fourth-order valence-corrected chi connectivity index (χ4v) is 2.22. The standard InChI is InChI=1S/C12H20N2O4/c1-7(11(16)14(2)3)13-10(15)8-4-5-9(6-8)12(17)18/h7-9H,4-6H2,1-3H3,(H,13,15)(H,17,18)/t7?,8-,9+/m1/s1. The van der Waals surface area contributed by atoms with Gasteiger partial charge in [0.15, 0.2) is 0 Å². The molecule has 18 heavy (non-hydrogen) atoms. The van der Waals surface area contributed by atoms with E-state index in [-0.39, 0.29) is 17.7 Å². The van der Waals surface area contributed by atoms with Crippen LogP contribution in [0.25, 0.3) is 0 Å². The maximum Gasteiger partial charge on any atom is 0.306 e. The van der Waals surface area contributed by atoms with E-state index in [0.717, 1.165) is 0 Å².